The second kappa shape index (κ2) is 12.0. The number of carbonyl (C=O) groups is 2. The Bertz CT molecular complexity index is 1340. The Kier molecular flexibility index (Phi) is 8.54. The van der Waals surface area contributed by atoms with Gasteiger partial charge in [0.25, 0.3) is 5.56 Å². The number of piperidine rings is 1. The summed E-state index contributed by atoms with van der Waals surface area (Å²) in [7, 11) is 3.07. The third kappa shape index (κ3) is 5.99. The van der Waals surface area contributed by atoms with E-state index in [0.717, 1.165) is 0 Å². The minimum atomic E-state index is -0.342. The molecule has 0 bridgehead atoms. The van der Waals surface area contributed by atoms with Gasteiger partial charge < -0.3 is 24.4 Å². The summed E-state index contributed by atoms with van der Waals surface area (Å²) in [6.45, 7) is 3.04. The Morgan fingerprint density at radius 3 is 2.57 bits per heavy atom. The van der Waals surface area contributed by atoms with Crippen LogP contribution in [0.2, 0.25) is 0 Å². The number of hydrogen-bond acceptors (Lipinski definition) is 8. The molecule has 37 heavy (non-hydrogen) atoms. The van der Waals surface area contributed by atoms with Gasteiger partial charge in [0, 0.05) is 25.2 Å². The summed E-state index contributed by atoms with van der Waals surface area (Å²) in [4.78, 5) is 44.9. The van der Waals surface area contributed by atoms with Crippen LogP contribution in [0.1, 0.15) is 25.8 Å². The van der Waals surface area contributed by atoms with Crippen molar-refractivity contribution in [2.75, 3.05) is 45.0 Å². The van der Waals surface area contributed by atoms with Crippen LogP contribution in [0.3, 0.4) is 0 Å². The van der Waals surface area contributed by atoms with Crippen molar-refractivity contribution in [2.45, 2.75) is 31.0 Å². The van der Waals surface area contributed by atoms with Gasteiger partial charge in [-0.3, -0.25) is 14.2 Å². The molecule has 196 valence electrons. The average molecular weight is 527 g/mol. The van der Waals surface area contributed by atoms with Gasteiger partial charge in [-0.15, -0.1) is 0 Å². The molecule has 0 saturated carbocycles. The molecule has 2 aromatic carbocycles. The maximum Gasteiger partial charge on any atom is 0.409 e. The van der Waals surface area contributed by atoms with Crippen LogP contribution in [0, 0.1) is 0 Å². The minimum absolute atomic E-state index is 0.0433. The third-order valence-corrected chi connectivity index (χ3v) is 7.10. The number of nitrogens with one attached hydrogen (secondary N) is 1. The molecule has 0 spiro atoms. The number of methoxy groups -OCH3 is 2. The molecule has 10 nitrogen and oxygen atoms in total. The van der Waals surface area contributed by atoms with E-state index in [-0.39, 0.29) is 29.4 Å². The van der Waals surface area contributed by atoms with E-state index in [1.165, 1.54) is 18.9 Å². The first-order valence-corrected chi connectivity index (χ1v) is 13.0. The third-order valence-electron chi connectivity index (χ3n) is 6.15. The molecule has 1 aliphatic rings. The van der Waals surface area contributed by atoms with Crippen molar-refractivity contribution in [3.8, 4) is 11.5 Å². The molecule has 11 heteroatoms. The number of fused-ring (bicyclic) bond motifs is 1. The molecule has 1 aromatic heterocycles. The average Bonchev–Trinajstić information content (AvgIpc) is 2.92. The van der Waals surface area contributed by atoms with Gasteiger partial charge in [0.1, 0.15) is 11.5 Å². The Balaban J connectivity index is 1.54. The Hall–Kier alpha value is -3.73. The predicted molar refractivity (Wildman–Crippen MR) is 142 cm³/mol. The van der Waals surface area contributed by atoms with Crippen molar-refractivity contribution >= 4 is 40.4 Å². The van der Waals surface area contributed by atoms with E-state index in [0.29, 0.717) is 65.8 Å². The fourth-order valence-corrected chi connectivity index (χ4v) is 5.16. The molecule has 0 unspecified atom stereocenters. The Labute approximate surface area is 218 Å². The van der Waals surface area contributed by atoms with Gasteiger partial charge in [-0.1, -0.05) is 23.9 Å². The summed E-state index contributed by atoms with van der Waals surface area (Å²) >= 11 is 1.20. The standard InChI is InChI=1S/C26H30N4O6S/c1-4-36-26(33)29-13-11-17(12-14-29)30-24(32)19-7-5-6-8-20(19)28-25(30)37-16-23(31)27-21-10-9-18(34-2)15-22(21)35-3/h5-10,15,17H,4,11-14,16H2,1-3H3,(H,27,31). The summed E-state index contributed by atoms with van der Waals surface area (Å²) < 4.78 is 17.4. The van der Waals surface area contributed by atoms with E-state index >= 15 is 0 Å². The maximum atomic E-state index is 13.5. The fraction of sp³-hybridized carbons (Fsp3) is 0.385. The van der Waals surface area contributed by atoms with Crippen LogP contribution in [-0.4, -0.2) is 66.1 Å². The molecule has 0 atom stereocenters. The highest BCUT2D eigenvalue weighted by Gasteiger charge is 2.28. The first-order valence-electron chi connectivity index (χ1n) is 12.0. The normalized spacial score (nSPS) is 13.9. The minimum Gasteiger partial charge on any atom is -0.497 e. The SMILES string of the molecule is CCOC(=O)N1CCC(n2c(SCC(=O)Nc3ccc(OC)cc3OC)nc3ccccc3c2=O)CC1. The van der Waals surface area contributed by atoms with Gasteiger partial charge in [0.05, 0.1) is 43.2 Å². The number of ether oxygens (including phenoxy) is 3. The highest BCUT2D eigenvalue weighted by molar-refractivity contribution is 7.99. The van der Waals surface area contributed by atoms with Crippen molar-refractivity contribution < 1.29 is 23.8 Å². The number of para-hydroxylation sites is 1. The molecule has 4 rings (SSSR count). The maximum absolute atomic E-state index is 13.5. The molecule has 2 heterocycles. The number of carbonyl (C=O) groups excluding carboxylic acids is 2. The number of nitrogens with zero attached hydrogens (tertiary/aromatic N) is 3. The zero-order chi connectivity index (χ0) is 26.4. The van der Waals surface area contributed by atoms with E-state index in [9.17, 15) is 14.4 Å². The number of likely N-dealkylation sites (tertiary alicyclic amines) is 1. The van der Waals surface area contributed by atoms with E-state index in [2.05, 4.69) is 5.32 Å². The molecular formula is C26H30N4O6S. The quantitative estimate of drug-likeness (QED) is 0.347. The van der Waals surface area contributed by atoms with Crippen molar-refractivity contribution in [3.05, 3.63) is 52.8 Å². The topological polar surface area (TPSA) is 112 Å². The molecule has 0 radical (unpaired) electrons. The molecule has 1 N–H and O–H groups in total. The summed E-state index contributed by atoms with van der Waals surface area (Å²) in [5, 5.41) is 3.84. The Morgan fingerprint density at radius 1 is 1.11 bits per heavy atom. The fourth-order valence-electron chi connectivity index (χ4n) is 4.29. The van der Waals surface area contributed by atoms with Crippen LogP contribution in [-0.2, 0) is 9.53 Å². The molecule has 1 aliphatic heterocycles. The van der Waals surface area contributed by atoms with Crippen LogP contribution in [0.15, 0.2) is 52.4 Å². The van der Waals surface area contributed by atoms with Gasteiger partial charge >= 0.3 is 6.09 Å². The number of hydrogen-bond donors (Lipinski definition) is 1. The van der Waals surface area contributed by atoms with Crippen LogP contribution >= 0.6 is 11.8 Å². The number of thioether (sulfide) groups is 1. The molecule has 1 fully saturated rings. The summed E-state index contributed by atoms with van der Waals surface area (Å²) in [5.41, 5.74) is 0.941. The lowest BCUT2D eigenvalue weighted by Gasteiger charge is -2.33. The number of anilines is 1. The van der Waals surface area contributed by atoms with E-state index in [4.69, 9.17) is 19.2 Å². The molecule has 2 amide bonds. The molecular weight excluding hydrogens is 496 g/mol. The largest absolute Gasteiger partial charge is 0.497 e. The second-order valence-corrected chi connectivity index (χ2v) is 9.35. The van der Waals surface area contributed by atoms with Gasteiger partial charge in [0.2, 0.25) is 5.91 Å². The lowest BCUT2D eigenvalue weighted by Crippen LogP contribution is -2.41. The molecule has 0 aliphatic carbocycles. The number of benzene rings is 2. The lowest BCUT2D eigenvalue weighted by molar-refractivity contribution is -0.113. The van der Waals surface area contributed by atoms with E-state index < -0.39 is 0 Å². The van der Waals surface area contributed by atoms with Crippen LogP contribution in [0.5, 0.6) is 11.5 Å². The van der Waals surface area contributed by atoms with Crippen molar-refractivity contribution in [1.82, 2.24) is 14.5 Å². The number of rotatable bonds is 8. The smallest absolute Gasteiger partial charge is 0.409 e. The van der Waals surface area contributed by atoms with Gasteiger partial charge in [-0.25, -0.2) is 9.78 Å². The van der Waals surface area contributed by atoms with Crippen molar-refractivity contribution in [1.29, 1.82) is 0 Å². The van der Waals surface area contributed by atoms with Crippen LogP contribution in [0.25, 0.3) is 10.9 Å². The zero-order valence-corrected chi connectivity index (χ0v) is 21.9. The van der Waals surface area contributed by atoms with Gasteiger partial charge in [0.15, 0.2) is 5.16 Å². The van der Waals surface area contributed by atoms with Crippen molar-refractivity contribution in [3.63, 3.8) is 0 Å². The highest BCUT2D eigenvalue weighted by Crippen LogP contribution is 2.30. The monoisotopic (exact) mass is 526 g/mol. The van der Waals surface area contributed by atoms with Crippen LogP contribution in [0.4, 0.5) is 10.5 Å². The lowest BCUT2D eigenvalue weighted by atomic mass is 10.0. The zero-order valence-electron chi connectivity index (χ0n) is 21.1. The predicted octanol–water partition coefficient (Wildman–Crippen LogP) is 3.94. The summed E-state index contributed by atoms with van der Waals surface area (Å²) in [5.74, 6) is 0.871. The van der Waals surface area contributed by atoms with Crippen molar-refractivity contribution in [2.24, 2.45) is 0 Å². The van der Waals surface area contributed by atoms with Crippen LogP contribution < -0.4 is 20.3 Å². The first-order chi connectivity index (χ1) is 17.9. The van der Waals surface area contributed by atoms with Gasteiger partial charge in [-0.2, -0.15) is 0 Å². The van der Waals surface area contributed by atoms with E-state index in [1.807, 2.05) is 12.1 Å². The molecule has 3 aromatic rings. The summed E-state index contributed by atoms with van der Waals surface area (Å²) in [6, 6.07) is 12.2. The number of amides is 2. The highest BCUT2D eigenvalue weighted by atomic mass is 32.2. The van der Waals surface area contributed by atoms with E-state index in [1.54, 1.807) is 53.8 Å². The Morgan fingerprint density at radius 2 is 1.86 bits per heavy atom. The number of aromatic nitrogens is 2. The van der Waals surface area contributed by atoms with Gasteiger partial charge in [-0.05, 0) is 44.0 Å². The second-order valence-electron chi connectivity index (χ2n) is 8.41. The molecule has 1 saturated heterocycles. The summed E-state index contributed by atoms with van der Waals surface area (Å²) in [6.07, 6.45) is 0.827. The first kappa shape index (κ1) is 26.3.